The summed E-state index contributed by atoms with van der Waals surface area (Å²) in [5, 5.41) is 13.0. The van der Waals surface area contributed by atoms with Gasteiger partial charge in [0.15, 0.2) is 5.58 Å². The Morgan fingerprint density at radius 2 is 2.03 bits per heavy atom. The van der Waals surface area contributed by atoms with Crippen LogP contribution in [0, 0.1) is 0 Å². The molecule has 0 aliphatic carbocycles. The fraction of sp³-hybridized carbons (Fsp3) is 0.458. The number of nitrogens with one attached hydrogen (secondary N) is 2. The van der Waals surface area contributed by atoms with Crippen LogP contribution in [0.3, 0.4) is 0 Å². The van der Waals surface area contributed by atoms with Gasteiger partial charge in [-0.2, -0.15) is 0 Å². The Morgan fingerprint density at radius 3 is 2.84 bits per heavy atom. The number of rotatable bonds is 6. The molecule has 2 aliphatic rings. The van der Waals surface area contributed by atoms with Gasteiger partial charge < -0.3 is 19.5 Å². The molecule has 3 aromatic rings. The number of fused-ring (bicyclic) bond motifs is 3. The highest BCUT2D eigenvalue weighted by Crippen LogP contribution is 2.36. The lowest BCUT2D eigenvalue weighted by Crippen LogP contribution is -2.42. The van der Waals surface area contributed by atoms with Gasteiger partial charge in [0.05, 0.1) is 11.3 Å². The molecular weight excluding hydrogens is 408 g/mol. The minimum atomic E-state index is -0.485. The van der Waals surface area contributed by atoms with Crippen molar-refractivity contribution in [3.8, 4) is 5.75 Å². The Labute approximate surface area is 186 Å². The highest BCUT2D eigenvalue weighted by molar-refractivity contribution is 6.10. The van der Waals surface area contributed by atoms with Gasteiger partial charge in [0.1, 0.15) is 18.1 Å². The van der Waals surface area contributed by atoms with Gasteiger partial charge in [0.25, 0.3) is 0 Å². The number of ether oxygens (including phenoxy) is 1. The topological polar surface area (TPSA) is 96.7 Å². The van der Waals surface area contributed by atoms with E-state index >= 15 is 0 Å². The van der Waals surface area contributed by atoms with Gasteiger partial charge in [-0.25, -0.2) is 0 Å². The number of hydrogen-bond donors (Lipinski definition) is 2. The molecule has 0 unspecified atom stereocenters. The Balaban J connectivity index is 1.30. The number of carbonyl (C=O) groups excluding carboxylic acids is 2. The van der Waals surface area contributed by atoms with Gasteiger partial charge in [-0.1, -0.05) is 11.2 Å². The molecule has 2 N–H and O–H groups in total. The van der Waals surface area contributed by atoms with E-state index in [1.807, 2.05) is 30.3 Å². The molecule has 32 heavy (non-hydrogen) atoms. The van der Waals surface area contributed by atoms with E-state index in [4.69, 9.17) is 9.26 Å². The molecule has 1 aromatic heterocycles. The van der Waals surface area contributed by atoms with Crippen LogP contribution in [0.15, 0.2) is 34.9 Å². The average molecular weight is 437 g/mol. The van der Waals surface area contributed by atoms with E-state index in [0.29, 0.717) is 36.8 Å². The summed E-state index contributed by atoms with van der Waals surface area (Å²) in [6.45, 7) is 3.70. The van der Waals surface area contributed by atoms with Gasteiger partial charge in [-0.05, 0) is 74.4 Å². The fourth-order valence-electron chi connectivity index (χ4n) is 4.70. The first kappa shape index (κ1) is 20.9. The first-order chi connectivity index (χ1) is 15.6. The predicted molar refractivity (Wildman–Crippen MR) is 121 cm³/mol. The van der Waals surface area contributed by atoms with Crippen molar-refractivity contribution in [2.24, 2.45) is 0 Å². The second kappa shape index (κ2) is 8.88. The summed E-state index contributed by atoms with van der Waals surface area (Å²) in [5.41, 5.74) is 1.22. The van der Waals surface area contributed by atoms with Crippen LogP contribution in [-0.2, 0) is 9.59 Å². The Morgan fingerprint density at radius 1 is 1.19 bits per heavy atom. The standard InChI is InChI=1S/C24H28N4O4/c1-28-11-8-16(9-12-28)25-10-13-31-17-3-4-18-15(14-17)2-6-20-22(18)23(27-32-20)19-5-7-21(29)26-24(19)30/h2-4,6,14,16,19,25H,5,7-13H2,1H3,(H,26,29,30)/t19-/m0/s1. The van der Waals surface area contributed by atoms with E-state index in [9.17, 15) is 9.59 Å². The van der Waals surface area contributed by atoms with Crippen LogP contribution >= 0.6 is 0 Å². The van der Waals surface area contributed by atoms with Crippen molar-refractivity contribution in [2.45, 2.75) is 37.6 Å². The van der Waals surface area contributed by atoms with Crippen LogP contribution in [0.25, 0.3) is 21.7 Å². The van der Waals surface area contributed by atoms with E-state index in [1.54, 1.807) is 0 Å². The van der Waals surface area contributed by atoms with E-state index in [-0.39, 0.29) is 11.8 Å². The van der Waals surface area contributed by atoms with Crippen LogP contribution in [0.4, 0.5) is 0 Å². The zero-order valence-electron chi connectivity index (χ0n) is 18.2. The number of likely N-dealkylation sites (tertiary alicyclic amines) is 1. The van der Waals surface area contributed by atoms with Crippen molar-refractivity contribution in [2.75, 3.05) is 33.3 Å². The first-order valence-corrected chi connectivity index (χ1v) is 11.3. The summed E-state index contributed by atoms with van der Waals surface area (Å²) in [6.07, 6.45) is 3.10. The van der Waals surface area contributed by atoms with E-state index in [1.165, 1.54) is 12.8 Å². The van der Waals surface area contributed by atoms with E-state index < -0.39 is 5.92 Å². The van der Waals surface area contributed by atoms with Gasteiger partial charge in [0.2, 0.25) is 11.8 Å². The number of imide groups is 1. The second-order valence-corrected chi connectivity index (χ2v) is 8.77. The number of hydrogen-bond acceptors (Lipinski definition) is 7. The molecule has 0 radical (unpaired) electrons. The highest BCUT2D eigenvalue weighted by Gasteiger charge is 2.32. The summed E-state index contributed by atoms with van der Waals surface area (Å²) < 4.78 is 11.5. The van der Waals surface area contributed by atoms with Crippen molar-refractivity contribution in [1.82, 2.24) is 20.7 Å². The third-order valence-corrected chi connectivity index (χ3v) is 6.54. The molecule has 0 saturated carbocycles. The lowest BCUT2D eigenvalue weighted by Gasteiger charge is -2.29. The molecule has 2 aromatic carbocycles. The molecule has 2 fully saturated rings. The minimum Gasteiger partial charge on any atom is -0.492 e. The molecule has 3 heterocycles. The second-order valence-electron chi connectivity index (χ2n) is 8.77. The fourth-order valence-corrected chi connectivity index (χ4v) is 4.70. The van der Waals surface area contributed by atoms with Crippen molar-refractivity contribution in [1.29, 1.82) is 0 Å². The number of carbonyl (C=O) groups is 2. The van der Waals surface area contributed by atoms with Crippen molar-refractivity contribution >= 4 is 33.6 Å². The molecule has 2 saturated heterocycles. The van der Waals surface area contributed by atoms with Crippen LogP contribution < -0.4 is 15.4 Å². The van der Waals surface area contributed by atoms with Crippen molar-refractivity contribution in [3.63, 3.8) is 0 Å². The third-order valence-electron chi connectivity index (χ3n) is 6.54. The van der Waals surface area contributed by atoms with Crippen LogP contribution in [-0.4, -0.2) is 61.2 Å². The number of benzene rings is 2. The largest absolute Gasteiger partial charge is 0.492 e. The molecule has 5 rings (SSSR count). The summed E-state index contributed by atoms with van der Waals surface area (Å²) in [4.78, 5) is 26.3. The molecular formula is C24H28N4O4. The van der Waals surface area contributed by atoms with Crippen molar-refractivity contribution in [3.05, 3.63) is 36.0 Å². The molecule has 0 bridgehead atoms. The number of aromatic nitrogens is 1. The number of amides is 2. The van der Waals surface area contributed by atoms with Gasteiger partial charge >= 0.3 is 0 Å². The average Bonchev–Trinajstić information content (AvgIpc) is 3.22. The molecule has 0 spiro atoms. The monoisotopic (exact) mass is 436 g/mol. The van der Waals surface area contributed by atoms with E-state index in [0.717, 1.165) is 41.5 Å². The summed E-state index contributed by atoms with van der Waals surface area (Å²) in [5.74, 6) is -0.233. The SMILES string of the molecule is CN1CCC(NCCOc2ccc3c(ccc4onc([C@@H]5CCC(=O)NC5=O)c43)c2)CC1. The predicted octanol–water partition coefficient (Wildman–Crippen LogP) is 2.56. The van der Waals surface area contributed by atoms with Crippen LogP contribution in [0.5, 0.6) is 5.75 Å². The lowest BCUT2D eigenvalue weighted by molar-refractivity contribution is -0.134. The zero-order valence-corrected chi connectivity index (χ0v) is 18.2. The third kappa shape index (κ3) is 4.20. The molecule has 2 amide bonds. The van der Waals surface area contributed by atoms with Gasteiger partial charge in [-0.15, -0.1) is 0 Å². The Hall–Kier alpha value is -2.97. The Kier molecular flexibility index (Phi) is 5.80. The normalized spacial score (nSPS) is 20.7. The van der Waals surface area contributed by atoms with Crippen LogP contribution in [0.2, 0.25) is 0 Å². The smallest absolute Gasteiger partial charge is 0.235 e. The minimum absolute atomic E-state index is 0.240. The Bertz CT molecular complexity index is 1150. The maximum atomic E-state index is 12.4. The highest BCUT2D eigenvalue weighted by atomic mass is 16.5. The maximum absolute atomic E-state index is 12.4. The molecule has 2 aliphatic heterocycles. The molecule has 1 atom stereocenters. The van der Waals surface area contributed by atoms with Gasteiger partial charge in [0, 0.05) is 19.0 Å². The number of piperidine rings is 2. The molecule has 8 nitrogen and oxygen atoms in total. The van der Waals surface area contributed by atoms with Crippen LogP contribution in [0.1, 0.15) is 37.3 Å². The van der Waals surface area contributed by atoms with Crippen molar-refractivity contribution < 1.29 is 18.8 Å². The molecule has 168 valence electrons. The summed E-state index contributed by atoms with van der Waals surface area (Å²) >= 11 is 0. The zero-order chi connectivity index (χ0) is 22.1. The lowest BCUT2D eigenvalue weighted by atomic mass is 9.91. The first-order valence-electron chi connectivity index (χ1n) is 11.3. The maximum Gasteiger partial charge on any atom is 0.235 e. The van der Waals surface area contributed by atoms with E-state index in [2.05, 4.69) is 27.7 Å². The quantitative estimate of drug-likeness (QED) is 0.453. The number of nitrogens with zero attached hydrogens (tertiary/aromatic N) is 2. The van der Waals surface area contributed by atoms with Gasteiger partial charge in [-0.3, -0.25) is 14.9 Å². The summed E-state index contributed by atoms with van der Waals surface area (Å²) in [6, 6.07) is 10.3. The molecule has 8 heteroatoms. The summed E-state index contributed by atoms with van der Waals surface area (Å²) in [7, 11) is 2.17.